The van der Waals surface area contributed by atoms with E-state index < -0.39 is 22.7 Å². The van der Waals surface area contributed by atoms with E-state index >= 15 is 0 Å². The zero-order chi connectivity index (χ0) is 19.2. The minimum Gasteiger partial charge on any atom is -0.736 e. The highest BCUT2D eigenvalue weighted by Gasteiger charge is 2.31. The van der Waals surface area contributed by atoms with Crippen molar-refractivity contribution in [1.82, 2.24) is 4.98 Å². The van der Waals surface area contributed by atoms with Crippen LogP contribution in [0.25, 0.3) is 21.8 Å². The molecule has 2 heterocycles. The van der Waals surface area contributed by atoms with Gasteiger partial charge in [0.25, 0.3) is 0 Å². The van der Waals surface area contributed by atoms with Gasteiger partial charge in [0.2, 0.25) is 0 Å². The summed E-state index contributed by atoms with van der Waals surface area (Å²) in [6, 6.07) is 2.29. The van der Waals surface area contributed by atoms with Gasteiger partial charge in [-0.05, 0) is 37.6 Å². The molecule has 0 atom stereocenters. The van der Waals surface area contributed by atoms with Crippen LogP contribution in [0, 0.1) is 19.7 Å². The molecule has 0 radical (unpaired) electrons. The molecule has 0 saturated heterocycles. The van der Waals surface area contributed by atoms with Crippen molar-refractivity contribution in [3.63, 3.8) is 0 Å². The third-order valence-electron chi connectivity index (χ3n) is 3.81. The summed E-state index contributed by atoms with van der Waals surface area (Å²) in [5, 5.41) is 1.49. The number of thiophene rings is 1. The zero-order valence-electron chi connectivity index (χ0n) is 13.4. The van der Waals surface area contributed by atoms with E-state index in [-0.39, 0.29) is 11.3 Å². The number of hydrogen-bond acceptors (Lipinski definition) is 5. The number of thiazole rings is 1. The van der Waals surface area contributed by atoms with Crippen LogP contribution >= 0.6 is 22.7 Å². The Morgan fingerprint density at radius 1 is 1.19 bits per heavy atom. The molecule has 2 nitrogen and oxygen atoms in total. The van der Waals surface area contributed by atoms with E-state index in [9.17, 15) is 22.4 Å². The highest BCUT2D eigenvalue weighted by molar-refractivity contribution is 7.78. The van der Waals surface area contributed by atoms with Gasteiger partial charge >= 0.3 is 6.18 Å². The number of alkyl halides is 3. The predicted octanol–water partition coefficient (Wildman–Crippen LogP) is 6.00. The van der Waals surface area contributed by atoms with E-state index in [1.165, 1.54) is 28.1 Å². The van der Waals surface area contributed by atoms with E-state index in [2.05, 4.69) is 4.98 Å². The predicted molar refractivity (Wildman–Crippen MR) is 97.0 cm³/mol. The lowest BCUT2D eigenvalue weighted by molar-refractivity contribution is -0.137. The van der Waals surface area contributed by atoms with E-state index in [4.69, 9.17) is 12.6 Å². The lowest BCUT2D eigenvalue weighted by Crippen LogP contribution is -2.05. The van der Waals surface area contributed by atoms with Gasteiger partial charge in [0.15, 0.2) is 0 Å². The molecule has 0 unspecified atom stereocenters. The summed E-state index contributed by atoms with van der Waals surface area (Å²) < 4.78 is 52.3. The summed E-state index contributed by atoms with van der Waals surface area (Å²) >= 11 is 7.19. The number of aryl methyl sites for hydroxylation is 1. The van der Waals surface area contributed by atoms with E-state index in [0.29, 0.717) is 21.5 Å². The molecule has 3 rings (SSSR count). The van der Waals surface area contributed by atoms with Crippen LogP contribution in [-0.2, 0) is 18.8 Å². The lowest BCUT2D eigenvalue weighted by Gasteiger charge is -2.08. The van der Waals surface area contributed by atoms with Crippen LogP contribution in [0.5, 0.6) is 0 Å². The normalized spacial score (nSPS) is 11.8. The number of carbonyl (C=O) groups is 1. The molecule has 0 fully saturated rings. The molecular formula is C17H10F4NOS3-. The van der Waals surface area contributed by atoms with Gasteiger partial charge in [-0.15, -0.1) is 22.7 Å². The maximum absolute atomic E-state index is 13.6. The molecule has 0 aliphatic heterocycles. The van der Waals surface area contributed by atoms with Gasteiger partial charge in [-0.1, -0.05) is 0 Å². The second-order valence-electron chi connectivity index (χ2n) is 5.54. The number of rotatable bonds is 3. The first kappa shape index (κ1) is 18.9. The Hall–Kier alpha value is -1.84. The van der Waals surface area contributed by atoms with Gasteiger partial charge in [-0.2, -0.15) is 13.2 Å². The summed E-state index contributed by atoms with van der Waals surface area (Å²) in [5.74, 6) is -0.992. The van der Waals surface area contributed by atoms with Crippen molar-refractivity contribution in [3.8, 4) is 21.8 Å². The van der Waals surface area contributed by atoms with Crippen LogP contribution in [0.15, 0.2) is 23.6 Å². The summed E-state index contributed by atoms with van der Waals surface area (Å²) in [6.07, 6.45) is -4.65. The molecule has 2 aromatic heterocycles. The molecule has 0 spiro atoms. The average molecular weight is 416 g/mol. The van der Waals surface area contributed by atoms with Gasteiger partial charge in [0.05, 0.1) is 21.2 Å². The van der Waals surface area contributed by atoms with Gasteiger partial charge in [0.1, 0.15) is 10.8 Å². The average Bonchev–Trinajstić information content (AvgIpc) is 3.12. The highest BCUT2D eigenvalue weighted by Crippen LogP contribution is 2.40. The SMILES string of the molecule is Cc1sc(C(=O)[S-])c(-c2nc(-c3cc(F)cc(C(F)(F)F)c3)cs2)c1C. The van der Waals surface area contributed by atoms with Crippen molar-refractivity contribution in [1.29, 1.82) is 0 Å². The number of aromatic nitrogens is 1. The maximum Gasteiger partial charge on any atom is 0.416 e. The molecule has 0 saturated carbocycles. The van der Waals surface area contributed by atoms with Crippen LogP contribution in [0.4, 0.5) is 17.6 Å². The smallest absolute Gasteiger partial charge is 0.416 e. The topological polar surface area (TPSA) is 30.0 Å². The quantitative estimate of drug-likeness (QED) is 0.387. The van der Waals surface area contributed by atoms with Gasteiger partial charge in [0, 0.05) is 21.4 Å². The molecule has 0 N–H and O–H groups in total. The summed E-state index contributed by atoms with van der Waals surface area (Å²) in [7, 11) is 0. The minimum atomic E-state index is -4.65. The Morgan fingerprint density at radius 3 is 2.50 bits per heavy atom. The number of benzene rings is 1. The minimum absolute atomic E-state index is 0.0238. The lowest BCUT2D eigenvalue weighted by atomic mass is 10.1. The first-order valence-electron chi connectivity index (χ1n) is 7.23. The molecule has 0 aliphatic carbocycles. The van der Waals surface area contributed by atoms with Crippen LogP contribution in [0.1, 0.15) is 25.7 Å². The molecule has 26 heavy (non-hydrogen) atoms. The zero-order valence-corrected chi connectivity index (χ0v) is 15.9. The standard InChI is InChI=1S/C17H11F4NOS3/c1-7-8(2)26-14(16(23)24)13(7)15-22-12(6-25-15)9-3-10(17(19,20)21)5-11(18)4-9/h3-6H,1-2H3,(H,23,24)/p-1. The Bertz CT molecular complexity index is 1000. The van der Waals surface area contributed by atoms with Crippen molar-refractivity contribution in [2.24, 2.45) is 0 Å². The fraction of sp³-hybridized carbons (Fsp3) is 0.176. The van der Waals surface area contributed by atoms with E-state index in [1.807, 2.05) is 13.8 Å². The fourth-order valence-electron chi connectivity index (χ4n) is 2.45. The molecule has 9 heteroatoms. The van der Waals surface area contributed by atoms with Gasteiger partial charge < -0.3 is 17.4 Å². The Labute approximate surface area is 159 Å². The summed E-state index contributed by atoms with van der Waals surface area (Å²) in [5.41, 5.74) is 0.596. The second kappa shape index (κ2) is 6.71. The van der Waals surface area contributed by atoms with Crippen LogP contribution < -0.4 is 0 Å². The van der Waals surface area contributed by atoms with E-state index in [1.54, 1.807) is 0 Å². The number of nitrogens with zero attached hydrogens (tertiary/aromatic N) is 1. The Morgan fingerprint density at radius 2 is 1.88 bits per heavy atom. The van der Waals surface area contributed by atoms with Crippen molar-refractivity contribution < 1.29 is 22.4 Å². The van der Waals surface area contributed by atoms with Crippen molar-refractivity contribution in [2.45, 2.75) is 20.0 Å². The first-order valence-corrected chi connectivity index (χ1v) is 9.33. The van der Waals surface area contributed by atoms with Crippen molar-refractivity contribution in [2.75, 3.05) is 0 Å². The Kier molecular flexibility index (Phi) is 4.89. The van der Waals surface area contributed by atoms with E-state index in [0.717, 1.165) is 22.6 Å². The third kappa shape index (κ3) is 3.51. The highest BCUT2D eigenvalue weighted by atomic mass is 32.1. The maximum atomic E-state index is 13.6. The first-order chi connectivity index (χ1) is 12.1. The second-order valence-corrected chi connectivity index (χ2v) is 7.99. The number of hydrogen-bond donors (Lipinski definition) is 0. The summed E-state index contributed by atoms with van der Waals surface area (Å²) in [4.78, 5) is 17.3. The fourth-order valence-corrected chi connectivity index (χ4v) is 4.67. The molecule has 3 aromatic rings. The molecule has 1 aromatic carbocycles. The molecule has 0 bridgehead atoms. The van der Waals surface area contributed by atoms with Crippen molar-refractivity contribution >= 4 is 40.4 Å². The number of carbonyl (C=O) groups excluding carboxylic acids is 1. The monoisotopic (exact) mass is 416 g/mol. The Balaban J connectivity index is 2.10. The number of halogens is 4. The van der Waals surface area contributed by atoms with Crippen LogP contribution in [0.3, 0.4) is 0 Å². The third-order valence-corrected chi connectivity index (χ3v) is 6.21. The molecular weight excluding hydrogens is 406 g/mol. The van der Waals surface area contributed by atoms with Gasteiger partial charge in [-0.25, -0.2) is 9.37 Å². The van der Waals surface area contributed by atoms with Gasteiger partial charge in [-0.3, -0.25) is 0 Å². The molecule has 136 valence electrons. The largest absolute Gasteiger partial charge is 0.736 e. The van der Waals surface area contributed by atoms with Crippen LogP contribution in [0.2, 0.25) is 0 Å². The summed E-state index contributed by atoms with van der Waals surface area (Å²) in [6.45, 7) is 3.68. The molecule has 0 amide bonds. The molecule has 0 aliphatic rings. The van der Waals surface area contributed by atoms with Crippen molar-refractivity contribution in [3.05, 3.63) is 50.3 Å². The van der Waals surface area contributed by atoms with Crippen LogP contribution in [-0.4, -0.2) is 10.1 Å².